The number of amides is 1. The van der Waals surface area contributed by atoms with Gasteiger partial charge in [-0.15, -0.1) is 0 Å². The van der Waals surface area contributed by atoms with Gasteiger partial charge >= 0.3 is 6.55 Å². The van der Waals surface area contributed by atoms with Crippen molar-refractivity contribution in [1.29, 1.82) is 0 Å². The number of halogens is 2. The van der Waals surface area contributed by atoms with Crippen molar-refractivity contribution in [1.82, 2.24) is 14.7 Å². The Morgan fingerprint density at radius 2 is 2.31 bits per heavy atom. The Bertz CT molecular complexity index is 387. The maximum absolute atomic E-state index is 12.2. The number of likely N-dealkylation sites (tertiary alicyclic amines) is 1. The number of hydrogen-bond donors (Lipinski definition) is 1. The summed E-state index contributed by atoms with van der Waals surface area (Å²) < 4.78 is 24.9. The molecule has 1 aliphatic rings. The number of alkyl halides is 2. The number of hydrogen-bond acceptors (Lipinski definition) is 3. The first kappa shape index (κ1) is 11.0. The van der Waals surface area contributed by atoms with Crippen LogP contribution in [0, 0.1) is 5.92 Å². The van der Waals surface area contributed by atoms with Crippen LogP contribution in [0.1, 0.15) is 6.55 Å². The molecule has 0 saturated carbocycles. The molecule has 0 unspecified atom stereocenters. The van der Waals surface area contributed by atoms with E-state index in [2.05, 4.69) is 10.4 Å². The maximum Gasteiger partial charge on any atom is 0.333 e. The molecule has 1 aromatic rings. The maximum atomic E-state index is 12.2. The third-order valence-corrected chi connectivity index (χ3v) is 2.50. The Kier molecular flexibility index (Phi) is 2.86. The van der Waals surface area contributed by atoms with Gasteiger partial charge in [-0.1, -0.05) is 0 Å². The second kappa shape index (κ2) is 4.17. The summed E-state index contributed by atoms with van der Waals surface area (Å²) in [7, 11) is 1.92. The zero-order valence-corrected chi connectivity index (χ0v) is 8.73. The van der Waals surface area contributed by atoms with Crippen LogP contribution in [0.2, 0.25) is 0 Å². The van der Waals surface area contributed by atoms with Crippen molar-refractivity contribution in [2.75, 3.05) is 25.5 Å². The van der Waals surface area contributed by atoms with Gasteiger partial charge in [-0.25, -0.2) is 4.68 Å². The lowest BCUT2D eigenvalue weighted by molar-refractivity contribution is -0.124. The molecule has 1 amide bonds. The number of rotatable bonds is 3. The first-order chi connectivity index (χ1) is 7.56. The molecule has 1 aromatic heterocycles. The third-order valence-electron chi connectivity index (χ3n) is 2.50. The standard InChI is InChI=1S/C9H12F2N4O/c1-14-3-6(4-14)8(16)13-7-2-12-15(5-7)9(10)11/h2,5-6,9H,3-4H2,1H3,(H,13,16). The molecule has 1 aliphatic heterocycles. The monoisotopic (exact) mass is 230 g/mol. The minimum atomic E-state index is -2.68. The highest BCUT2D eigenvalue weighted by molar-refractivity contribution is 5.93. The number of nitrogens with zero attached hydrogens (tertiary/aromatic N) is 3. The van der Waals surface area contributed by atoms with Gasteiger partial charge in [0, 0.05) is 13.1 Å². The average Bonchev–Trinajstić information content (AvgIpc) is 2.61. The van der Waals surface area contributed by atoms with E-state index in [9.17, 15) is 13.6 Å². The summed E-state index contributed by atoms with van der Waals surface area (Å²) in [4.78, 5) is 13.6. The van der Waals surface area contributed by atoms with Crippen molar-refractivity contribution in [3.8, 4) is 0 Å². The molecule has 7 heteroatoms. The van der Waals surface area contributed by atoms with Crippen LogP contribution in [0.5, 0.6) is 0 Å². The predicted molar refractivity (Wildman–Crippen MR) is 53.1 cm³/mol. The minimum absolute atomic E-state index is 0.0556. The lowest BCUT2D eigenvalue weighted by atomic mass is 10.0. The molecule has 88 valence electrons. The molecule has 1 fully saturated rings. The van der Waals surface area contributed by atoms with Crippen LogP contribution in [0.4, 0.5) is 14.5 Å². The van der Waals surface area contributed by atoms with E-state index in [0.29, 0.717) is 23.5 Å². The highest BCUT2D eigenvalue weighted by Gasteiger charge is 2.30. The van der Waals surface area contributed by atoms with E-state index in [4.69, 9.17) is 0 Å². The van der Waals surface area contributed by atoms with Gasteiger partial charge < -0.3 is 10.2 Å². The summed E-state index contributed by atoms with van der Waals surface area (Å²) in [6.45, 7) is -1.27. The van der Waals surface area contributed by atoms with Gasteiger partial charge in [-0.05, 0) is 7.05 Å². The normalized spacial score (nSPS) is 17.5. The zero-order chi connectivity index (χ0) is 11.7. The summed E-state index contributed by atoms with van der Waals surface area (Å²) in [5, 5.41) is 5.99. The first-order valence-electron chi connectivity index (χ1n) is 4.88. The van der Waals surface area contributed by atoms with Crippen LogP contribution in [0.15, 0.2) is 12.4 Å². The predicted octanol–water partition coefficient (Wildman–Crippen LogP) is 0.778. The largest absolute Gasteiger partial charge is 0.333 e. The van der Waals surface area contributed by atoms with E-state index >= 15 is 0 Å². The minimum Gasteiger partial charge on any atom is -0.323 e. The highest BCUT2D eigenvalue weighted by atomic mass is 19.3. The van der Waals surface area contributed by atoms with Crippen LogP contribution in [-0.4, -0.2) is 40.7 Å². The van der Waals surface area contributed by atoms with E-state index in [-0.39, 0.29) is 11.8 Å². The van der Waals surface area contributed by atoms with E-state index in [1.54, 1.807) is 0 Å². The van der Waals surface area contributed by atoms with E-state index in [0.717, 1.165) is 6.20 Å². The molecule has 0 bridgehead atoms. The van der Waals surface area contributed by atoms with E-state index < -0.39 is 6.55 Å². The van der Waals surface area contributed by atoms with Crippen molar-refractivity contribution in [3.63, 3.8) is 0 Å². The second-order valence-corrected chi connectivity index (χ2v) is 3.89. The molecule has 2 rings (SSSR count). The molecule has 0 aliphatic carbocycles. The number of anilines is 1. The molecule has 0 spiro atoms. The summed E-state index contributed by atoms with van der Waals surface area (Å²) in [5.41, 5.74) is 0.305. The Morgan fingerprint density at radius 1 is 1.62 bits per heavy atom. The summed E-state index contributed by atoms with van der Waals surface area (Å²) in [6.07, 6.45) is 2.33. The SMILES string of the molecule is CN1CC(C(=O)Nc2cnn(C(F)F)c2)C1. The van der Waals surface area contributed by atoms with Gasteiger partial charge in [0.05, 0.1) is 24.0 Å². The lowest BCUT2D eigenvalue weighted by Gasteiger charge is -2.34. The molecule has 5 nitrogen and oxygen atoms in total. The topological polar surface area (TPSA) is 50.2 Å². The Hall–Kier alpha value is -1.50. The fourth-order valence-electron chi connectivity index (χ4n) is 1.62. The van der Waals surface area contributed by atoms with Crippen molar-refractivity contribution < 1.29 is 13.6 Å². The Morgan fingerprint density at radius 3 is 2.81 bits per heavy atom. The number of carbonyl (C=O) groups is 1. The molecule has 1 N–H and O–H groups in total. The lowest BCUT2D eigenvalue weighted by Crippen LogP contribution is -2.49. The molecule has 0 aromatic carbocycles. The van der Waals surface area contributed by atoms with E-state index in [1.807, 2.05) is 11.9 Å². The van der Waals surface area contributed by atoms with Crippen LogP contribution in [0.3, 0.4) is 0 Å². The number of carbonyl (C=O) groups excluding carboxylic acids is 1. The summed E-state index contributed by atoms with van der Waals surface area (Å²) in [6, 6.07) is 0. The Labute approximate surface area is 91.0 Å². The first-order valence-corrected chi connectivity index (χ1v) is 4.88. The fourth-order valence-corrected chi connectivity index (χ4v) is 1.62. The fraction of sp³-hybridized carbons (Fsp3) is 0.556. The van der Waals surface area contributed by atoms with Gasteiger partial charge in [0.15, 0.2) is 0 Å². The molecule has 2 heterocycles. The van der Waals surface area contributed by atoms with Gasteiger partial charge in [0.25, 0.3) is 0 Å². The third kappa shape index (κ3) is 2.19. The highest BCUT2D eigenvalue weighted by Crippen LogP contribution is 2.17. The van der Waals surface area contributed by atoms with Gasteiger partial charge in [0.2, 0.25) is 5.91 Å². The smallest absolute Gasteiger partial charge is 0.323 e. The van der Waals surface area contributed by atoms with Gasteiger partial charge in [0.1, 0.15) is 0 Å². The zero-order valence-electron chi connectivity index (χ0n) is 8.73. The van der Waals surface area contributed by atoms with Crippen LogP contribution >= 0.6 is 0 Å². The van der Waals surface area contributed by atoms with Crippen molar-refractivity contribution in [2.24, 2.45) is 5.92 Å². The van der Waals surface area contributed by atoms with Crippen LogP contribution in [0.25, 0.3) is 0 Å². The summed E-state index contributed by atoms with van der Waals surface area (Å²) >= 11 is 0. The van der Waals surface area contributed by atoms with Crippen LogP contribution in [-0.2, 0) is 4.79 Å². The molecule has 16 heavy (non-hydrogen) atoms. The van der Waals surface area contributed by atoms with Gasteiger partial charge in [-0.3, -0.25) is 4.79 Å². The summed E-state index contributed by atoms with van der Waals surface area (Å²) in [5.74, 6) is -0.202. The van der Waals surface area contributed by atoms with Crippen molar-refractivity contribution >= 4 is 11.6 Å². The molecule has 1 saturated heterocycles. The Balaban J connectivity index is 1.91. The molecule has 0 atom stereocenters. The number of aromatic nitrogens is 2. The molecular formula is C9H12F2N4O. The van der Waals surface area contributed by atoms with E-state index in [1.165, 1.54) is 6.20 Å². The van der Waals surface area contributed by atoms with Crippen molar-refractivity contribution in [3.05, 3.63) is 12.4 Å². The van der Waals surface area contributed by atoms with Crippen LogP contribution < -0.4 is 5.32 Å². The molecule has 0 radical (unpaired) electrons. The van der Waals surface area contributed by atoms with Crippen molar-refractivity contribution in [2.45, 2.75) is 6.55 Å². The quantitative estimate of drug-likeness (QED) is 0.834. The number of nitrogens with one attached hydrogen (secondary N) is 1. The molecular weight excluding hydrogens is 218 g/mol. The van der Waals surface area contributed by atoms with Gasteiger partial charge in [-0.2, -0.15) is 13.9 Å². The second-order valence-electron chi connectivity index (χ2n) is 3.89. The average molecular weight is 230 g/mol.